The lowest BCUT2D eigenvalue weighted by atomic mass is 10.0. The monoisotopic (exact) mass is 360 g/mol. The SMILES string of the molecule is Cc1cc(/C=C(/C#N)c2ccc(F)cc2)c(C)n1-c1ccc2c(c1)OCO2. The van der Waals surface area contributed by atoms with Crippen LogP contribution in [-0.4, -0.2) is 11.4 Å². The highest BCUT2D eigenvalue weighted by molar-refractivity contribution is 5.90. The number of hydrogen-bond donors (Lipinski definition) is 0. The normalized spacial score (nSPS) is 12.9. The number of ether oxygens (including phenoxy) is 2. The molecule has 1 aromatic heterocycles. The van der Waals surface area contributed by atoms with Crippen LogP contribution in [0.15, 0.2) is 48.5 Å². The van der Waals surface area contributed by atoms with Crippen LogP contribution in [0.5, 0.6) is 11.5 Å². The van der Waals surface area contributed by atoms with Gasteiger partial charge < -0.3 is 14.0 Å². The van der Waals surface area contributed by atoms with E-state index in [1.165, 1.54) is 12.1 Å². The number of aryl methyl sites for hydroxylation is 1. The van der Waals surface area contributed by atoms with Gasteiger partial charge in [-0.15, -0.1) is 0 Å². The van der Waals surface area contributed by atoms with Gasteiger partial charge in [-0.25, -0.2) is 4.39 Å². The molecular weight excluding hydrogens is 343 g/mol. The largest absolute Gasteiger partial charge is 0.454 e. The molecule has 27 heavy (non-hydrogen) atoms. The second-order valence-electron chi connectivity index (χ2n) is 6.38. The summed E-state index contributed by atoms with van der Waals surface area (Å²) in [6.07, 6.45) is 1.83. The standard InChI is InChI=1S/C22H17FN2O2/c1-14-9-17(10-18(12-24)16-3-5-19(23)6-4-16)15(2)25(14)20-7-8-21-22(11-20)27-13-26-21/h3-11H,13H2,1-2H3/b18-10-. The summed E-state index contributed by atoms with van der Waals surface area (Å²) < 4.78 is 26.1. The van der Waals surface area contributed by atoms with E-state index in [1.54, 1.807) is 12.1 Å². The van der Waals surface area contributed by atoms with Crippen LogP contribution in [0.1, 0.15) is 22.5 Å². The lowest BCUT2D eigenvalue weighted by Gasteiger charge is -2.10. The van der Waals surface area contributed by atoms with E-state index < -0.39 is 0 Å². The van der Waals surface area contributed by atoms with Gasteiger partial charge in [0.25, 0.3) is 0 Å². The summed E-state index contributed by atoms with van der Waals surface area (Å²) >= 11 is 0. The molecule has 0 aliphatic carbocycles. The van der Waals surface area contributed by atoms with Gasteiger partial charge in [0, 0.05) is 23.1 Å². The molecule has 2 heterocycles. The molecule has 0 saturated heterocycles. The molecule has 4 nitrogen and oxygen atoms in total. The Hall–Kier alpha value is -3.52. The zero-order valence-corrected chi connectivity index (χ0v) is 15.0. The van der Waals surface area contributed by atoms with Crippen molar-refractivity contribution >= 4 is 11.6 Å². The number of rotatable bonds is 3. The number of halogens is 1. The Kier molecular flexibility index (Phi) is 4.17. The van der Waals surface area contributed by atoms with Crippen LogP contribution < -0.4 is 9.47 Å². The number of nitrogens with zero attached hydrogens (tertiary/aromatic N) is 2. The van der Waals surface area contributed by atoms with Gasteiger partial charge >= 0.3 is 0 Å². The number of aromatic nitrogens is 1. The fourth-order valence-electron chi connectivity index (χ4n) is 3.32. The van der Waals surface area contributed by atoms with Gasteiger partial charge in [-0.05, 0) is 61.4 Å². The minimum Gasteiger partial charge on any atom is -0.454 e. The van der Waals surface area contributed by atoms with Gasteiger partial charge in [0.2, 0.25) is 6.79 Å². The Labute approximate surface area is 156 Å². The summed E-state index contributed by atoms with van der Waals surface area (Å²) in [6, 6.07) is 16.0. The first-order chi connectivity index (χ1) is 13.1. The van der Waals surface area contributed by atoms with E-state index in [9.17, 15) is 9.65 Å². The molecule has 0 atom stereocenters. The van der Waals surface area contributed by atoms with Crippen molar-refractivity contribution in [1.82, 2.24) is 4.57 Å². The minimum absolute atomic E-state index is 0.236. The van der Waals surface area contributed by atoms with Crippen molar-refractivity contribution in [3.05, 3.63) is 76.9 Å². The maximum Gasteiger partial charge on any atom is 0.231 e. The second-order valence-corrected chi connectivity index (χ2v) is 6.38. The Balaban J connectivity index is 1.76. The number of benzene rings is 2. The van der Waals surface area contributed by atoms with Crippen molar-refractivity contribution in [3.63, 3.8) is 0 Å². The molecule has 1 aliphatic heterocycles. The molecule has 5 heteroatoms. The van der Waals surface area contributed by atoms with E-state index in [0.717, 1.165) is 34.1 Å². The molecule has 0 spiro atoms. The first kappa shape index (κ1) is 16.9. The van der Waals surface area contributed by atoms with Crippen molar-refractivity contribution in [2.24, 2.45) is 0 Å². The number of fused-ring (bicyclic) bond motifs is 1. The highest BCUT2D eigenvalue weighted by Crippen LogP contribution is 2.35. The molecule has 0 saturated carbocycles. The maximum absolute atomic E-state index is 13.2. The molecule has 1 aliphatic rings. The maximum atomic E-state index is 13.2. The summed E-state index contributed by atoms with van der Waals surface area (Å²) in [6.45, 7) is 4.25. The fourth-order valence-corrected chi connectivity index (χ4v) is 3.32. The van der Waals surface area contributed by atoms with E-state index in [-0.39, 0.29) is 12.6 Å². The number of nitriles is 1. The van der Waals surface area contributed by atoms with E-state index in [4.69, 9.17) is 9.47 Å². The lowest BCUT2D eigenvalue weighted by molar-refractivity contribution is 0.174. The van der Waals surface area contributed by atoms with Crippen molar-refractivity contribution in [2.75, 3.05) is 6.79 Å². The Morgan fingerprint density at radius 1 is 1.07 bits per heavy atom. The molecule has 2 aromatic carbocycles. The highest BCUT2D eigenvalue weighted by atomic mass is 19.1. The molecule has 4 rings (SSSR count). The third-order valence-electron chi connectivity index (χ3n) is 4.66. The Bertz CT molecular complexity index is 1090. The van der Waals surface area contributed by atoms with Crippen molar-refractivity contribution in [3.8, 4) is 23.3 Å². The first-order valence-corrected chi connectivity index (χ1v) is 8.53. The average molecular weight is 360 g/mol. The van der Waals surface area contributed by atoms with Crippen LogP contribution in [0.3, 0.4) is 0 Å². The van der Waals surface area contributed by atoms with Gasteiger partial charge in [-0.1, -0.05) is 12.1 Å². The van der Waals surface area contributed by atoms with Gasteiger partial charge in [0.15, 0.2) is 11.5 Å². The second kappa shape index (κ2) is 6.65. The summed E-state index contributed by atoms with van der Waals surface area (Å²) in [5, 5.41) is 9.55. The minimum atomic E-state index is -0.322. The first-order valence-electron chi connectivity index (χ1n) is 8.53. The summed E-state index contributed by atoms with van der Waals surface area (Å²) in [5.74, 6) is 1.14. The smallest absolute Gasteiger partial charge is 0.231 e. The molecule has 134 valence electrons. The van der Waals surface area contributed by atoms with Crippen LogP contribution in [0, 0.1) is 31.0 Å². The van der Waals surface area contributed by atoms with Crippen molar-refractivity contribution in [2.45, 2.75) is 13.8 Å². The van der Waals surface area contributed by atoms with Crippen LogP contribution in [0.25, 0.3) is 17.3 Å². The van der Waals surface area contributed by atoms with E-state index in [1.807, 2.05) is 44.2 Å². The quantitative estimate of drug-likeness (QED) is 0.616. The average Bonchev–Trinajstić information content (AvgIpc) is 3.24. The molecule has 3 aromatic rings. The van der Waals surface area contributed by atoms with Gasteiger partial charge in [0.05, 0.1) is 11.6 Å². The molecule has 0 fully saturated rings. The van der Waals surface area contributed by atoms with Crippen LogP contribution in [-0.2, 0) is 0 Å². The lowest BCUT2D eigenvalue weighted by Crippen LogP contribution is -1.99. The summed E-state index contributed by atoms with van der Waals surface area (Å²) in [5.41, 5.74) is 5.11. The zero-order chi connectivity index (χ0) is 19.0. The van der Waals surface area contributed by atoms with Gasteiger partial charge in [0.1, 0.15) is 5.82 Å². The van der Waals surface area contributed by atoms with Crippen molar-refractivity contribution < 1.29 is 13.9 Å². The van der Waals surface area contributed by atoms with Crippen LogP contribution in [0.2, 0.25) is 0 Å². The predicted molar refractivity (Wildman–Crippen MR) is 101 cm³/mol. The topological polar surface area (TPSA) is 47.2 Å². The third kappa shape index (κ3) is 3.06. The predicted octanol–water partition coefficient (Wildman–Crippen LogP) is 5.03. The summed E-state index contributed by atoms with van der Waals surface area (Å²) in [7, 11) is 0. The number of allylic oxidation sites excluding steroid dienone is 1. The van der Waals surface area contributed by atoms with E-state index >= 15 is 0 Å². The molecule has 0 unspecified atom stereocenters. The molecular formula is C22H17FN2O2. The molecule has 0 bridgehead atoms. The Morgan fingerprint density at radius 3 is 2.56 bits per heavy atom. The summed E-state index contributed by atoms with van der Waals surface area (Å²) in [4.78, 5) is 0. The van der Waals surface area contributed by atoms with Crippen LogP contribution >= 0.6 is 0 Å². The van der Waals surface area contributed by atoms with E-state index in [0.29, 0.717) is 11.1 Å². The molecule has 0 N–H and O–H groups in total. The highest BCUT2D eigenvalue weighted by Gasteiger charge is 2.16. The Morgan fingerprint density at radius 2 is 1.81 bits per heavy atom. The molecule has 0 radical (unpaired) electrons. The molecule has 0 amide bonds. The van der Waals surface area contributed by atoms with Gasteiger partial charge in [-0.2, -0.15) is 5.26 Å². The fraction of sp³-hybridized carbons (Fsp3) is 0.136. The third-order valence-corrected chi connectivity index (χ3v) is 4.66. The number of hydrogen-bond acceptors (Lipinski definition) is 3. The van der Waals surface area contributed by atoms with E-state index in [2.05, 4.69) is 10.6 Å². The van der Waals surface area contributed by atoms with Crippen molar-refractivity contribution in [1.29, 1.82) is 5.26 Å². The zero-order valence-electron chi connectivity index (χ0n) is 15.0. The van der Waals surface area contributed by atoms with Gasteiger partial charge in [-0.3, -0.25) is 0 Å². The van der Waals surface area contributed by atoms with Crippen LogP contribution in [0.4, 0.5) is 4.39 Å².